The Morgan fingerprint density at radius 2 is 2.05 bits per heavy atom. The van der Waals surface area contributed by atoms with E-state index in [4.69, 9.17) is 11.6 Å². The topological polar surface area (TPSA) is 15.3 Å². The fourth-order valence-electron chi connectivity index (χ4n) is 3.24. The molecule has 0 radical (unpaired) electrons. The monoisotopic (exact) mass is 308 g/mol. The van der Waals surface area contributed by atoms with Gasteiger partial charge in [0.25, 0.3) is 0 Å². The van der Waals surface area contributed by atoms with Crippen molar-refractivity contribution in [2.24, 2.45) is 11.8 Å². The normalized spacial score (nSPS) is 24.4. The van der Waals surface area contributed by atoms with Crippen LogP contribution in [0.4, 0.5) is 5.69 Å². The van der Waals surface area contributed by atoms with Gasteiger partial charge < -0.3 is 10.2 Å². The maximum Gasteiger partial charge on any atom is 0.0455 e. The molecule has 1 aliphatic rings. The number of hydrogen-bond acceptors (Lipinski definition) is 2. The van der Waals surface area contributed by atoms with Gasteiger partial charge in [-0.15, -0.1) is 0 Å². The average Bonchev–Trinajstić information content (AvgIpc) is 2.48. The van der Waals surface area contributed by atoms with Crippen LogP contribution in [0.2, 0.25) is 5.02 Å². The second-order valence-electron chi connectivity index (χ2n) is 6.75. The van der Waals surface area contributed by atoms with Crippen LogP contribution in [-0.2, 0) is 0 Å². The lowest BCUT2D eigenvalue weighted by atomic mass is 9.91. The van der Waals surface area contributed by atoms with Gasteiger partial charge in [-0.2, -0.15) is 0 Å². The maximum atomic E-state index is 6.34. The van der Waals surface area contributed by atoms with E-state index >= 15 is 0 Å². The van der Waals surface area contributed by atoms with Gasteiger partial charge in [0.15, 0.2) is 0 Å². The first kappa shape index (κ1) is 16.6. The summed E-state index contributed by atoms with van der Waals surface area (Å²) in [7, 11) is 0. The number of benzene rings is 1. The molecule has 0 spiro atoms. The molecule has 118 valence electrons. The summed E-state index contributed by atoms with van der Waals surface area (Å²) >= 11 is 6.34. The van der Waals surface area contributed by atoms with E-state index in [1.807, 2.05) is 6.07 Å². The highest BCUT2D eigenvalue weighted by Gasteiger charge is 2.32. The van der Waals surface area contributed by atoms with Crippen molar-refractivity contribution in [2.75, 3.05) is 18.0 Å². The number of rotatable bonds is 4. The molecule has 0 amide bonds. The zero-order chi connectivity index (χ0) is 15.6. The summed E-state index contributed by atoms with van der Waals surface area (Å²) in [5.41, 5.74) is 2.51. The molecule has 3 heteroatoms. The molecule has 1 aromatic rings. The minimum Gasteiger partial charge on any atom is -0.365 e. The van der Waals surface area contributed by atoms with Crippen molar-refractivity contribution in [1.29, 1.82) is 0 Å². The van der Waals surface area contributed by atoms with Crippen LogP contribution in [0.5, 0.6) is 0 Å². The smallest absolute Gasteiger partial charge is 0.0455 e. The van der Waals surface area contributed by atoms with E-state index in [-0.39, 0.29) is 0 Å². The second-order valence-corrected chi connectivity index (χ2v) is 7.16. The lowest BCUT2D eigenvalue weighted by Gasteiger charge is -2.46. The molecule has 1 aliphatic heterocycles. The summed E-state index contributed by atoms with van der Waals surface area (Å²) in [6.45, 7) is 13.5. The number of nitrogens with one attached hydrogen (secondary N) is 1. The fraction of sp³-hybridized carbons (Fsp3) is 0.667. The molecule has 0 saturated carbocycles. The van der Waals surface area contributed by atoms with Gasteiger partial charge in [-0.3, -0.25) is 0 Å². The Hall–Kier alpha value is -0.730. The Bertz CT molecular complexity index is 472. The Labute approximate surface area is 134 Å². The van der Waals surface area contributed by atoms with E-state index in [0.717, 1.165) is 18.1 Å². The summed E-state index contributed by atoms with van der Waals surface area (Å²) in [4.78, 5) is 2.58. The minimum absolute atomic E-state index is 0.530. The predicted molar refractivity (Wildman–Crippen MR) is 93.4 cm³/mol. The van der Waals surface area contributed by atoms with Crippen LogP contribution in [0.15, 0.2) is 18.2 Å². The van der Waals surface area contributed by atoms with Crippen LogP contribution in [0.3, 0.4) is 0 Å². The highest BCUT2D eigenvalue weighted by atomic mass is 35.5. The van der Waals surface area contributed by atoms with Gasteiger partial charge in [-0.25, -0.2) is 0 Å². The molecule has 1 N–H and O–H groups in total. The van der Waals surface area contributed by atoms with E-state index in [2.05, 4.69) is 57.0 Å². The molecule has 3 unspecified atom stereocenters. The van der Waals surface area contributed by atoms with E-state index < -0.39 is 0 Å². The molecule has 2 nitrogen and oxygen atoms in total. The summed E-state index contributed by atoms with van der Waals surface area (Å²) in [6, 6.07) is 7.36. The number of nitrogens with zero attached hydrogens (tertiary/aromatic N) is 1. The van der Waals surface area contributed by atoms with Crippen LogP contribution in [-0.4, -0.2) is 25.2 Å². The highest BCUT2D eigenvalue weighted by Crippen LogP contribution is 2.31. The molecule has 0 aliphatic carbocycles. The number of hydrogen-bond donors (Lipinski definition) is 1. The second kappa shape index (κ2) is 7.02. The zero-order valence-electron chi connectivity index (χ0n) is 14.0. The third-order valence-corrected chi connectivity index (χ3v) is 5.44. The Balaban J connectivity index is 2.31. The summed E-state index contributed by atoms with van der Waals surface area (Å²) in [5.74, 6) is 1.31. The molecular weight excluding hydrogens is 280 g/mol. The Morgan fingerprint density at radius 3 is 2.67 bits per heavy atom. The van der Waals surface area contributed by atoms with Crippen LogP contribution in [0.1, 0.15) is 39.7 Å². The molecule has 1 saturated heterocycles. The lowest BCUT2D eigenvalue weighted by Crippen LogP contribution is -2.60. The van der Waals surface area contributed by atoms with Gasteiger partial charge >= 0.3 is 0 Å². The first-order chi connectivity index (χ1) is 9.95. The highest BCUT2D eigenvalue weighted by molar-refractivity contribution is 6.31. The lowest BCUT2D eigenvalue weighted by molar-refractivity contribution is 0.281. The quantitative estimate of drug-likeness (QED) is 0.881. The van der Waals surface area contributed by atoms with Crippen molar-refractivity contribution >= 4 is 17.3 Å². The van der Waals surface area contributed by atoms with E-state index in [0.29, 0.717) is 23.9 Å². The molecule has 1 fully saturated rings. The molecule has 0 aromatic heterocycles. The molecular formula is C18H29ClN2. The Morgan fingerprint density at radius 1 is 1.33 bits per heavy atom. The molecule has 3 atom stereocenters. The third kappa shape index (κ3) is 3.54. The van der Waals surface area contributed by atoms with Crippen molar-refractivity contribution in [2.45, 2.75) is 53.1 Å². The van der Waals surface area contributed by atoms with Gasteiger partial charge in [0.1, 0.15) is 0 Å². The van der Waals surface area contributed by atoms with E-state index in [1.165, 1.54) is 17.7 Å². The summed E-state index contributed by atoms with van der Waals surface area (Å²) in [5, 5.41) is 4.63. The van der Waals surface area contributed by atoms with Gasteiger partial charge in [0, 0.05) is 35.9 Å². The SMILES string of the molecule is CCC(C)C1CN(c2cccc(Cl)c2C)C(C(C)C)CN1. The zero-order valence-corrected chi connectivity index (χ0v) is 14.7. The molecule has 1 aromatic carbocycles. The van der Waals surface area contributed by atoms with Gasteiger partial charge in [-0.1, -0.05) is 51.8 Å². The maximum absolute atomic E-state index is 6.34. The average molecular weight is 309 g/mol. The van der Waals surface area contributed by atoms with Gasteiger partial charge in [0.05, 0.1) is 0 Å². The van der Waals surface area contributed by atoms with E-state index in [9.17, 15) is 0 Å². The first-order valence-electron chi connectivity index (χ1n) is 8.20. The fourth-order valence-corrected chi connectivity index (χ4v) is 3.41. The molecule has 21 heavy (non-hydrogen) atoms. The van der Waals surface area contributed by atoms with Crippen LogP contribution in [0.25, 0.3) is 0 Å². The van der Waals surface area contributed by atoms with Crippen molar-refractivity contribution in [3.8, 4) is 0 Å². The summed E-state index contributed by atoms with van der Waals surface area (Å²) < 4.78 is 0. The standard InChI is InChI=1S/C18H29ClN2/c1-6-13(4)16-11-21(18(10-20-16)12(2)3)17-9-7-8-15(19)14(17)5/h7-9,12-13,16,18,20H,6,10-11H2,1-5H3. The van der Waals surface area contributed by atoms with E-state index in [1.54, 1.807) is 0 Å². The number of piperazine rings is 1. The number of halogens is 1. The number of anilines is 1. The molecule has 1 heterocycles. The predicted octanol–water partition coefficient (Wildman–Crippen LogP) is 4.50. The van der Waals surface area contributed by atoms with Crippen molar-refractivity contribution in [3.05, 3.63) is 28.8 Å². The van der Waals surface area contributed by atoms with Gasteiger partial charge in [0.2, 0.25) is 0 Å². The van der Waals surface area contributed by atoms with Crippen LogP contribution < -0.4 is 10.2 Å². The van der Waals surface area contributed by atoms with Crippen LogP contribution >= 0.6 is 11.6 Å². The first-order valence-corrected chi connectivity index (χ1v) is 8.58. The van der Waals surface area contributed by atoms with Crippen molar-refractivity contribution < 1.29 is 0 Å². The Kier molecular flexibility index (Phi) is 5.56. The third-order valence-electron chi connectivity index (χ3n) is 5.03. The minimum atomic E-state index is 0.530. The molecule has 0 bridgehead atoms. The summed E-state index contributed by atoms with van der Waals surface area (Å²) in [6.07, 6.45) is 1.21. The van der Waals surface area contributed by atoms with Gasteiger partial charge in [-0.05, 0) is 36.5 Å². The van der Waals surface area contributed by atoms with Crippen molar-refractivity contribution in [3.63, 3.8) is 0 Å². The van der Waals surface area contributed by atoms with Crippen molar-refractivity contribution in [1.82, 2.24) is 5.32 Å². The molecule has 2 rings (SSSR count). The van der Waals surface area contributed by atoms with Crippen LogP contribution in [0, 0.1) is 18.8 Å². The largest absolute Gasteiger partial charge is 0.365 e.